The second-order valence-corrected chi connectivity index (χ2v) is 4.49. The minimum absolute atomic E-state index is 0.179. The molecule has 19 heavy (non-hydrogen) atoms. The van der Waals surface area contributed by atoms with Gasteiger partial charge in [-0.3, -0.25) is 4.79 Å². The largest absolute Gasteiger partial charge is 0.321 e. The molecule has 2 aromatic rings. The van der Waals surface area contributed by atoms with Gasteiger partial charge in [-0.2, -0.15) is 0 Å². The van der Waals surface area contributed by atoms with E-state index in [2.05, 4.69) is 31.7 Å². The molecule has 0 aliphatic rings. The summed E-state index contributed by atoms with van der Waals surface area (Å²) in [6, 6.07) is 9.10. The van der Waals surface area contributed by atoms with Gasteiger partial charge < -0.3 is 10.7 Å². The molecule has 7 heteroatoms. The minimum Gasteiger partial charge on any atom is -0.321 e. The van der Waals surface area contributed by atoms with E-state index < -0.39 is 11.7 Å². The van der Waals surface area contributed by atoms with Crippen LogP contribution in [0.1, 0.15) is 10.5 Å². The van der Waals surface area contributed by atoms with Crippen LogP contribution in [0.5, 0.6) is 0 Å². The summed E-state index contributed by atoms with van der Waals surface area (Å²) in [5.41, 5.74) is 2.87. The highest BCUT2D eigenvalue weighted by molar-refractivity contribution is 9.10. The number of nitrogen functional groups attached to an aromatic ring is 1. The molecule has 1 aromatic heterocycles. The number of hydrogen-bond donors (Lipinski definition) is 3. The fourth-order valence-corrected chi connectivity index (χ4v) is 1.66. The molecular formula is C12H10BrFN4O. The average molecular weight is 325 g/mol. The van der Waals surface area contributed by atoms with Crippen LogP contribution in [0, 0.1) is 5.82 Å². The number of hydrazine groups is 1. The molecule has 0 aliphatic heterocycles. The van der Waals surface area contributed by atoms with Gasteiger partial charge in [-0.25, -0.2) is 15.2 Å². The first-order valence-corrected chi connectivity index (χ1v) is 6.09. The lowest BCUT2D eigenvalue weighted by Crippen LogP contribution is -2.16. The monoisotopic (exact) mass is 324 g/mol. The van der Waals surface area contributed by atoms with Crippen LogP contribution in [0.15, 0.2) is 40.9 Å². The van der Waals surface area contributed by atoms with Crippen molar-refractivity contribution in [3.05, 3.63) is 52.4 Å². The van der Waals surface area contributed by atoms with Crippen LogP contribution in [0.3, 0.4) is 0 Å². The molecule has 0 atom stereocenters. The quantitative estimate of drug-likeness (QED) is 0.598. The second-order valence-electron chi connectivity index (χ2n) is 3.64. The number of carbonyl (C=O) groups excluding carboxylic acids is 1. The standard InChI is InChI=1S/C12H10BrFN4O/c13-8-5-4-7(6-9(8)14)16-12(19)10-2-1-3-11(17-10)18-15/h1-6H,15H2,(H,16,19)(H,17,18). The number of pyridine rings is 1. The maximum atomic E-state index is 13.3. The summed E-state index contributed by atoms with van der Waals surface area (Å²) < 4.78 is 13.6. The summed E-state index contributed by atoms with van der Waals surface area (Å²) in [7, 11) is 0. The Labute approximate surface area is 117 Å². The molecule has 98 valence electrons. The lowest BCUT2D eigenvalue weighted by molar-refractivity contribution is 0.102. The van der Waals surface area contributed by atoms with Crippen molar-refractivity contribution in [1.82, 2.24) is 4.98 Å². The number of benzene rings is 1. The summed E-state index contributed by atoms with van der Waals surface area (Å²) in [6.45, 7) is 0. The third kappa shape index (κ3) is 3.27. The summed E-state index contributed by atoms with van der Waals surface area (Å²) in [4.78, 5) is 15.9. The van der Waals surface area contributed by atoms with Crippen molar-refractivity contribution in [3.63, 3.8) is 0 Å². The molecule has 0 radical (unpaired) electrons. The Bertz CT molecular complexity index is 620. The highest BCUT2D eigenvalue weighted by Gasteiger charge is 2.09. The van der Waals surface area contributed by atoms with Gasteiger partial charge in [0.1, 0.15) is 17.3 Å². The first-order valence-electron chi connectivity index (χ1n) is 5.30. The Morgan fingerprint density at radius 1 is 1.32 bits per heavy atom. The van der Waals surface area contributed by atoms with Gasteiger partial charge >= 0.3 is 0 Å². The fourth-order valence-electron chi connectivity index (χ4n) is 1.41. The highest BCUT2D eigenvalue weighted by Crippen LogP contribution is 2.19. The third-order valence-corrected chi connectivity index (χ3v) is 2.95. The molecule has 5 nitrogen and oxygen atoms in total. The van der Waals surface area contributed by atoms with E-state index >= 15 is 0 Å². The van der Waals surface area contributed by atoms with Crippen LogP contribution in [0.25, 0.3) is 0 Å². The van der Waals surface area contributed by atoms with E-state index in [1.54, 1.807) is 18.2 Å². The first-order chi connectivity index (χ1) is 9.10. The number of amides is 1. The lowest BCUT2D eigenvalue weighted by atomic mass is 10.3. The van der Waals surface area contributed by atoms with Crippen molar-refractivity contribution in [3.8, 4) is 0 Å². The predicted octanol–water partition coefficient (Wildman–Crippen LogP) is 2.52. The van der Waals surface area contributed by atoms with Crippen molar-refractivity contribution in [1.29, 1.82) is 0 Å². The van der Waals surface area contributed by atoms with Gasteiger partial charge in [0.25, 0.3) is 5.91 Å². The van der Waals surface area contributed by atoms with Gasteiger partial charge in [0.05, 0.1) is 4.47 Å². The molecule has 0 saturated carbocycles. The molecule has 1 amide bonds. The van der Waals surface area contributed by atoms with Gasteiger partial charge in [-0.05, 0) is 46.3 Å². The number of nitrogens with zero attached hydrogens (tertiary/aromatic N) is 1. The van der Waals surface area contributed by atoms with E-state index in [-0.39, 0.29) is 5.69 Å². The highest BCUT2D eigenvalue weighted by atomic mass is 79.9. The number of halogens is 2. The number of nitrogens with one attached hydrogen (secondary N) is 2. The molecule has 0 bridgehead atoms. The number of rotatable bonds is 3. The predicted molar refractivity (Wildman–Crippen MR) is 74.1 cm³/mol. The number of nitrogens with two attached hydrogens (primary N) is 1. The number of hydrogen-bond acceptors (Lipinski definition) is 4. The van der Waals surface area contributed by atoms with Gasteiger partial charge in [0.2, 0.25) is 0 Å². The summed E-state index contributed by atoms with van der Waals surface area (Å²) >= 11 is 3.04. The molecule has 0 unspecified atom stereocenters. The number of aromatic nitrogens is 1. The van der Waals surface area contributed by atoms with E-state index in [4.69, 9.17) is 5.84 Å². The Morgan fingerprint density at radius 3 is 2.79 bits per heavy atom. The van der Waals surface area contributed by atoms with Crippen LogP contribution in [-0.2, 0) is 0 Å². The normalized spacial score (nSPS) is 10.1. The zero-order valence-electron chi connectivity index (χ0n) is 9.65. The Kier molecular flexibility index (Phi) is 4.08. The van der Waals surface area contributed by atoms with Crippen LogP contribution in [-0.4, -0.2) is 10.9 Å². The zero-order valence-corrected chi connectivity index (χ0v) is 11.2. The van der Waals surface area contributed by atoms with Gasteiger partial charge in [-0.15, -0.1) is 0 Å². The molecule has 0 fully saturated rings. The SMILES string of the molecule is NNc1cccc(C(=O)Nc2ccc(Br)c(F)c2)n1. The van der Waals surface area contributed by atoms with E-state index in [0.29, 0.717) is 16.0 Å². The van der Waals surface area contributed by atoms with E-state index in [0.717, 1.165) is 0 Å². The van der Waals surface area contributed by atoms with Gasteiger partial charge in [-0.1, -0.05) is 6.07 Å². The van der Waals surface area contributed by atoms with Gasteiger partial charge in [0.15, 0.2) is 0 Å². The Hall–Kier alpha value is -1.99. The van der Waals surface area contributed by atoms with Crippen molar-refractivity contribution in [2.24, 2.45) is 5.84 Å². The molecule has 0 aliphatic carbocycles. The number of anilines is 2. The van der Waals surface area contributed by atoms with E-state index in [1.165, 1.54) is 18.2 Å². The topological polar surface area (TPSA) is 80.0 Å². The lowest BCUT2D eigenvalue weighted by Gasteiger charge is -2.06. The molecular weight excluding hydrogens is 315 g/mol. The molecule has 1 heterocycles. The van der Waals surface area contributed by atoms with Crippen molar-refractivity contribution >= 4 is 33.3 Å². The maximum absolute atomic E-state index is 13.3. The van der Waals surface area contributed by atoms with Crippen LogP contribution >= 0.6 is 15.9 Å². The third-order valence-electron chi connectivity index (χ3n) is 2.31. The fraction of sp³-hybridized carbons (Fsp3) is 0. The zero-order chi connectivity index (χ0) is 13.8. The van der Waals surface area contributed by atoms with Crippen molar-refractivity contribution in [2.45, 2.75) is 0 Å². The van der Waals surface area contributed by atoms with Crippen LogP contribution in [0.4, 0.5) is 15.9 Å². The molecule has 1 aromatic carbocycles. The summed E-state index contributed by atoms with van der Waals surface area (Å²) in [5.74, 6) is 4.68. The first kappa shape index (κ1) is 13.4. The van der Waals surface area contributed by atoms with Crippen LogP contribution in [0.2, 0.25) is 0 Å². The minimum atomic E-state index is -0.455. The van der Waals surface area contributed by atoms with E-state index in [1.807, 2.05) is 0 Å². The smallest absolute Gasteiger partial charge is 0.274 e. The molecule has 0 saturated heterocycles. The summed E-state index contributed by atoms with van der Waals surface area (Å²) in [5, 5.41) is 2.55. The molecule has 0 spiro atoms. The maximum Gasteiger partial charge on any atom is 0.274 e. The second kappa shape index (κ2) is 5.77. The average Bonchev–Trinajstić information content (AvgIpc) is 2.43. The molecule has 4 N–H and O–H groups in total. The Morgan fingerprint density at radius 2 is 2.11 bits per heavy atom. The van der Waals surface area contributed by atoms with Crippen molar-refractivity contribution < 1.29 is 9.18 Å². The number of carbonyl (C=O) groups is 1. The summed E-state index contributed by atoms with van der Waals surface area (Å²) in [6.07, 6.45) is 0. The van der Waals surface area contributed by atoms with Gasteiger partial charge in [0, 0.05) is 5.69 Å². The van der Waals surface area contributed by atoms with E-state index in [9.17, 15) is 9.18 Å². The van der Waals surface area contributed by atoms with Crippen molar-refractivity contribution in [2.75, 3.05) is 10.7 Å². The molecule has 2 rings (SSSR count). The van der Waals surface area contributed by atoms with Crippen LogP contribution < -0.4 is 16.6 Å². The Balaban J connectivity index is 2.18.